The molecule has 0 radical (unpaired) electrons. The first-order chi connectivity index (χ1) is 13.3. The number of non-ortho nitro benzene ring substituents is 1. The molecule has 2 atom stereocenters. The molecule has 0 aliphatic carbocycles. The number of amides is 1. The molecular formula is C19H24ClN5O3. The molecule has 1 saturated heterocycles. The van der Waals surface area contributed by atoms with Crippen molar-refractivity contribution >= 4 is 28.9 Å². The quantitative estimate of drug-likeness (QED) is 0.588. The molecule has 0 unspecified atom stereocenters. The Labute approximate surface area is 168 Å². The second-order valence-corrected chi connectivity index (χ2v) is 7.66. The summed E-state index contributed by atoms with van der Waals surface area (Å²) in [6.07, 6.45) is 6.79. The SMILES string of the molecule is C[C@H](C(=O)Nc1ccc([N+](=O)[O-])cc1Cl)N1CCC[C@H](Cc2nccn2C)C1. The fourth-order valence-corrected chi connectivity index (χ4v) is 3.81. The maximum atomic E-state index is 12.7. The number of piperidine rings is 1. The van der Waals surface area contributed by atoms with Gasteiger partial charge >= 0.3 is 0 Å². The van der Waals surface area contributed by atoms with Crippen LogP contribution in [0.25, 0.3) is 0 Å². The van der Waals surface area contributed by atoms with Crippen molar-refractivity contribution in [2.75, 3.05) is 18.4 Å². The number of aromatic nitrogens is 2. The van der Waals surface area contributed by atoms with Crippen molar-refractivity contribution < 1.29 is 9.72 Å². The number of nitro benzene ring substituents is 1. The highest BCUT2D eigenvalue weighted by Crippen LogP contribution is 2.27. The van der Waals surface area contributed by atoms with E-state index in [1.165, 1.54) is 18.2 Å². The lowest BCUT2D eigenvalue weighted by Gasteiger charge is -2.36. The predicted molar refractivity (Wildman–Crippen MR) is 107 cm³/mol. The molecule has 1 aliphatic heterocycles. The fourth-order valence-electron chi connectivity index (χ4n) is 3.59. The van der Waals surface area contributed by atoms with E-state index in [-0.39, 0.29) is 22.7 Å². The van der Waals surface area contributed by atoms with Crippen LogP contribution in [0, 0.1) is 16.0 Å². The van der Waals surface area contributed by atoms with Crippen molar-refractivity contribution in [1.82, 2.24) is 14.5 Å². The number of halogens is 1. The zero-order chi connectivity index (χ0) is 20.3. The van der Waals surface area contributed by atoms with Crippen LogP contribution in [-0.4, -0.2) is 44.4 Å². The van der Waals surface area contributed by atoms with Gasteiger partial charge in [0.1, 0.15) is 5.82 Å². The van der Waals surface area contributed by atoms with Gasteiger partial charge in [0.2, 0.25) is 5.91 Å². The highest BCUT2D eigenvalue weighted by molar-refractivity contribution is 6.34. The number of nitrogens with one attached hydrogen (secondary N) is 1. The van der Waals surface area contributed by atoms with Gasteiger partial charge in [0.05, 0.1) is 21.7 Å². The van der Waals surface area contributed by atoms with E-state index in [0.29, 0.717) is 11.6 Å². The minimum Gasteiger partial charge on any atom is -0.338 e. The van der Waals surface area contributed by atoms with Gasteiger partial charge in [-0.25, -0.2) is 4.98 Å². The average molecular weight is 406 g/mol. The van der Waals surface area contributed by atoms with Crippen molar-refractivity contribution in [2.45, 2.75) is 32.2 Å². The van der Waals surface area contributed by atoms with Crippen molar-refractivity contribution in [3.63, 3.8) is 0 Å². The summed E-state index contributed by atoms with van der Waals surface area (Å²) < 4.78 is 2.03. The van der Waals surface area contributed by atoms with Crippen molar-refractivity contribution in [1.29, 1.82) is 0 Å². The molecule has 8 nitrogen and oxygen atoms in total. The molecule has 0 bridgehead atoms. The Morgan fingerprint density at radius 1 is 1.50 bits per heavy atom. The molecule has 1 aromatic carbocycles. The van der Waals surface area contributed by atoms with Gasteiger partial charge in [-0.3, -0.25) is 19.8 Å². The Morgan fingerprint density at radius 3 is 2.93 bits per heavy atom. The van der Waals surface area contributed by atoms with E-state index in [4.69, 9.17) is 11.6 Å². The molecule has 150 valence electrons. The second-order valence-electron chi connectivity index (χ2n) is 7.25. The van der Waals surface area contributed by atoms with Crippen LogP contribution in [0.5, 0.6) is 0 Å². The summed E-state index contributed by atoms with van der Waals surface area (Å²) >= 11 is 6.08. The first-order valence-corrected chi connectivity index (χ1v) is 9.68. The largest absolute Gasteiger partial charge is 0.338 e. The number of aryl methyl sites for hydroxylation is 1. The van der Waals surface area contributed by atoms with Gasteiger partial charge in [-0.05, 0) is 38.3 Å². The molecule has 2 heterocycles. The summed E-state index contributed by atoms with van der Waals surface area (Å²) in [4.78, 5) is 29.6. The standard InChI is InChI=1S/C19H24ClN5O3/c1-13(19(26)22-17-6-5-15(25(27)28)11-16(17)20)24-8-3-4-14(12-24)10-18-21-7-9-23(18)2/h5-7,9,11,13-14H,3-4,8,10,12H2,1-2H3,(H,22,26)/t13-,14-/m1/s1. The zero-order valence-corrected chi connectivity index (χ0v) is 16.7. The second kappa shape index (κ2) is 8.70. The Hall–Kier alpha value is -2.45. The molecule has 1 aromatic heterocycles. The third-order valence-corrected chi connectivity index (χ3v) is 5.60. The Balaban J connectivity index is 1.61. The maximum absolute atomic E-state index is 12.7. The summed E-state index contributed by atoms with van der Waals surface area (Å²) in [7, 11) is 1.99. The third kappa shape index (κ3) is 4.69. The number of imidazole rings is 1. The molecule has 1 amide bonds. The van der Waals surface area contributed by atoms with E-state index in [9.17, 15) is 14.9 Å². The van der Waals surface area contributed by atoms with Gasteiger partial charge in [-0.1, -0.05) is 11.6 Å². The number of carbonyl (C=O) groups is 1. The number of hydrogen-bond donors (Lipinski definition) is 1. The summed E-state index contributed by atoms with van der Waals surface area (Å²) in [6, 6.07) is 3.71. The molecule has 28 heavy (non-hydrogen) atoms. The van der Waals surface area contributed by atoms with Gasteiger partial charge in [0, 0.05) is 44.5 Å². The minimum absolute atomic E-state index is 0.107. The summed E-state index contributed by atoms with van der Waals surface area (Å²) in [6.45, 7) is 3.56. The molecule has 0 saturated carbocycles. The molecule has 0 spiro atoms. The monoisotopic (exact) mass is 405 g/mol. The van der Waals surface area contributed by atoms with Crippen LogP contribution in [0.4, 0.5) is 11.4 Å². The van der Waals surface area contributed by atoms with Gasteiger partial charge < -0.3 is 9.88 Å². The van der Waals surface area contributed by atoms with Crippen LogP contribution >= 0.6 is 11.6 Å². The first-order valence-electron chi connectivity index (χ1n) is 9.30. The number of likely N-dealkylation sites (tertiary alicyclic amines) is 1. The van der Waals surface area contributed by atoms with Crippen molar-refractivity contribution in [3.05, 3.63) is 51.6 Å². The predicted octanol–water partition coefficient (Wildman–Crippen LogP) is 3.26. The van der Waals surface area contributed by atoms with Crippen LogP contribution < -0.4 is 5.32 Å². The Bertz CT molecular complexity index is 869. The van der Waals surface area contributed by atoms with Crippen LogP contribution in [-0.2, 0) is 18.3 Å². The van der Waals surface area contributed by atoms with Gasteiger partial charge in [0.25, 0.3) is 5.69 Å². The lowest BCUT2D eigenvalue weighted by molar-refractivity contribution is -0.384. The van der Waals surface area contributed by atoms with E-state index in [1.807, 2.05) is 24.7 Å². The molecule has 1 fully saturated rings. The Kier molecular flexibility index (Phi) is 6.31. The molecule has 1 aliphatic rings. The number of rotatable bonds is 6. The molecular weight excluding hydrogens is 382 g/mol. The number of hydrogen-bond acceptors (Lipinski definition) is 5. The minimum atomic E-state index is -0.518. The molecule has 9 heteroatoms. The molecule has 1 N–H and O–H groups in total. The van der Waals surface area contributed by atoms with Gasteiger partial charge in [0.15, 0.2) is 0 Å². The molecule has 3 rings (SSSR count). The zero-order valence-electron chi connectivity index (χ0n) is 16.0. The Morgan fingerprint density at radius 2 is 2.29 bits per heavy atom. The summed E-state index contributed by atoms with van der Waals surface area (Å²) in [5.41, 5.74) is 0.273. The van der Waals surface area contributed by atoms with Crippen LogP contribution in [0.3, 0.4) is 0 Å². The first kappa shape index (κ1) is 20.3. The van der Waals surface area contributed by atoms with Crippen LogP contribution in [0.2, 0.25) is 5.02 Å². The number of anilines is 1. The fraction of sp³-hybridized carbons (Fsp3) is 0.474. The number of nitro groups is 1. The van der Waals surface area contributed by atoms with E-state index in [2.05, 4.69) is 15.2 Å². The van der Waals surface area contributed by atoms with Crippen LogP contribution in [0.15, 0.2) is 30.6 Å². The van der Waals surface area contributed by atoms with E-state index < -0.39 is 4.92 Å². The lowest BCUT2D eigenvalue weighted by Crippen LogP contribution is -2.47. The summed E-state index contributed by atoms with van der Waals surface area (Å²) in [5.74, 6) is 1.34. The van der Waals surface area contributed by atoms with Crippen molar-refractivity contribution in [2.24, 2.45) is 13.0 Å². The topological polar surface area (TPSA) is 93.3 Å². The maximum Gasteiger partial charge on any atom is 0.271 e. The van der Waals surface area contributed by atoms with Gasteiger partial charge in [-0.15, -0.1) is 0 Å². The van der Waals surface area contributed by atoms with E-state index in [1.54, 1.807) is 6.20 Å². The number of benzene rings is 1. The smallest absolute Gasteiger partial charge is 0.271 e. The average Bonchev–Trinajstić information content (AvgIpc) is 3.07. The number of nitrogens with zero attached hydrogens (tertiary/aromatic N) is 4. The van der Waals surface area contributed by atoms with Crippen molar-refractivity contribution in [3.8, 4) is 0 Å². The van der Waals surface area contributed by atoms with E-state index >= 15 is 0 Å². The van der Waals surface area contributed by atoms with Crippen LogP contribution in [0.1, 0.15) is 25.6 Å². The normalized spacial score (nSPS) is 18.6. The lowest BCUT2D eigenvalue weighted by atomic mass is 9.93. The van der Waals surface area contributed by atoms with Gasteiger partial charge in [-0.2, -0.15) is 0 Å². The third-order valence-electron chi connectivity index (χ3n) is 5.29. The highest BCUT2D eigenvalue weighted by Gasteiger charge is 2.28. The summed E-state index contributed by atoms with van der Waals surface area (Å²) in [5, 5.41) is 13.8. The number of carbonyl (C=O) groups excluding carboxylic acids is 1. The van der Waals surface area contributed by atoms with E-state index in [0.717, 1.165) is 38.2 Å². The highest BCUT2D eigenvalue weighted by atomic mass is 35.5. The molecule has 2 aromatic rings.